The van der Waals surface area contributed by atoms with Gasteiger partial charge in [-0.25, -0.2) is 9.36 Å². The molecule has 5 atom stereocenters. The van der Waals surface area contributed by atoms with Gasteiger partial charge in [0.1, 0.15) is 6.23 Å². The third-order valence-electron chi connectivity index (χ3n) is 8.47. The van der Waals surface area contributed by atoms with Crippen LogP contribution < -0.4 is 11.2 Å². The Bertz CT molecular complexity index is 1210. The molecule has 1 aliphatic rings. The molecule has 0 aliphatic carbocycles. The van der Waals surface area contributed by atoms with E-state index in [1.807, 2.05) is 0 Å². The molecule has 0 bridgehead atoms. The monoisotopic (exact) mass is 703 g/mol. The maximum absolute atomic E-state index is 12.6. The number of aryl methyl sites for hydroxylation is 1. The van der Waals surface area contributed by atoms with Gasteiger partial charge in [-0.3, -0.25) is 23.4 Å². The van der Waals surface area contributed by atoms with Gasteiger partial charge in [-0.15, -0.1) is 0 Å². The molecule has 0 radical (unpaired) electrons. The Morgan fingerprint density at radius 3 is 2.17 bits per heavy atom. The van der Waals surface area contributed by atoms with Crippen LogP contribution in [0, 0.1) is 6.92 Å². The SMILES string of the molecule is CCCCCCCCCCCCCCCCCCSCC(COP(=O)(O)OC[C@H]1O[C@@H](n2cc(C)c(=O)[nH]c2=O)C[C@@H]1N=[N+]=[N-])OC. The van der Waals surface area contributed by atoms with Gasteiger partial charge in [0.2, 0.25) is 0 Å². The second kappa shape index (κ2) is 24.5. The first kappa shape index (κ1) is 41.5. The fourth-order valence-electron chi connectivity index (χ4n) is 5.56. The van der Waals surface area contributed by atoms with E-state index in [9.17, 15) is 19.0 Å². The van der Waals surface area contributed by atoms with Gasteiger partial charge < -0.3 is 14.4 Å². The van der Waals surface area contributed by atoms with Crippen molar-refractivity contribution in [2.24, 2.45) is 5.11 Å². The third kappa shape index (κ3) is 17.5. The molecule has 270 valence electrons. The molecular weight excluding hydrogens is 645 g/mol. The van der Waals surface area contributed by atoms with Crippen LogP contribution in [0.5, 0.6) is 0 Å². The summed E-state index contributed by atoms with van der Waals surface area (Å²) in [6, 6.07) is -0.767. The van der Waals surface area contributed by atoms with E-state index in [0.717, 1.165) is 12.2 Å². The Hall–Kier alpha value is -1.63. The quantitative estimate of drug-likeness (QED) is 0.0288. The van der Waals surface area contributed by atoms with E-state index in [1.165, 1.54) is 114 Å². The Kier molecular flexibility index (Phi) is 21.7. The molecule has 47 heavy (non-hydrogen) atoms. The van der Waals surface area contributed by atoms with Crippen molar-refractivity contribution >= 4 is 19.6 Å². The van der Waals surface area contributed by atoms with E-state index >= 15 is 0 Å². The van der Waals surface area contributed by atoms with Crippen molar-refractivity contribution in [1.82, 2.24) is 9.55 Å². The molecule has 0 saturated carbocycles. The number of hydrogen-bond acceptors (Lipinski definition) is 9. The standard InChI is InChI=1S/C32H58N5O8PS/c1-4-5-6-7-8-9-10-11-12-13-14-15-16-17-18-19-20-47-25-27(42-3)23-43-46(40,41)44-24-29-28(35-36-33)21-30(45-29)37-22-26(2)31(38)34-32(37)39/h22,27-30H,4-21,23-25H2,1-3H3,(H,40,41)(H,34,38,39)/t27?,28-,29+,30+/m0/s1. The van der Waals surface area contributed by atoms with Gasteiger partial charge in [-0.05, 0) is 24.6 Å². The lowest BCUT2D eigenvalue weighted by Gasteiger charge is -2.20. The Balaban J connectivity index is 1.55. The van der Waals surface area contributed by atoms with Gasteiger partial charge in [0.15, 0.2) is 0 Å². The van der Waals surface area contributed by atoms with Crippen LogP contribution in [0.25, 0.3) is 10.4 Å². The first-order valence-electron chi connectivity index (χ1n) is 17.4. The van der Waals surface area contributed by atoms with Crippen LogP contribution in [0.3, 0.4) is 0 Å². The van der Waals surface area contributed by atoms with E-state index < -0.39 is 44.1 Å². The highest BCUT2D eigenvalue weighted by Gasteiger charge is 2.38. The molecule has 0 amide bonds. The number of azide groups is 1. The summed E-state index contributed by atoms with van der Waals surface area (Å²) in [5.74, 6) is 1.61. The molecule has 2 N–H and O–H groups in total. The molecule has 1 saturated heterocycles. The van der Waals surface area contributed by atoms with Gasteiger partial charge in [0.05, 0.1) is 31.5 Å². The zero-order valence-corrected chi connectivity index (χ0v) is 30.4. The van der Waals surface area contributed by atoms with Crippen molar-refractivity contribution in [3.8, 4) is 0 Å². The Morgan fingerprint density at radius 2 is 1.62 bits per heavy atom. The van der Waals surface area contributed by atoms with Gasteiger partial charge in [0.25, 0.3) is 5.56 Å². The summed E-state index contributed by atoms with van der Waals surface area (Å²) in [5.41, 5.74) is 8.07. The lowest BCUT2D eigenvalue weighted by molar-refractivity contribution is -0.0303. The van der Waals surface area contributed by atoms with E-state index in [1.54, 1.807) is 18.7 Å². The number of thioether (sulfide) groups is 1. The summed E-state index contributed by atoms with van der Waals surface area (Å²) in [4.78, 5) is 39.2. The zero-order valence-electron chi connectivity index (χ0n) is 28.7. The third-order valence-corrected chi connectivity index (χ3v) is 10.6. The maximum Gasteiger partial charge on any atom is 0.472 e. The number of nitrogens with zero attached hydrogens (tertiary/aromatic N) is 4. The van der Waals surface area contributed by atoms with Crippen LogP contribution in [0.15, 0.2) is 20.9 Å². The molecule has 0 aromatic carbocycles. The smallest absolute Gasteiger partial charge is 0.378 e. The number of unbranched alkanes of at least 4 members (excludes halogenated alkanes) is 15. The van der Waals surface area contributed by atoms with Crippen LogP contribution in [0.2, 0.25) is 0 Å². The fraction of sp³-hybridized carbons (Fsp3) is 0.875. The summed E-state index contributed by atoms with van der Waals surface area (Å²) >= 11 is 1.73. The second-order valence-corrected chi connectivity index (χ2v) is 15.0. The predicted octanol–water partition coefficient (Wildman–Crippen LogP) is 7.95. The molecule has 2 heterocycles. The molecule has 1 aromatic rings. The van der Waals surface area contributed by atoms with Crippen molar-refractivity contribution < 1.29 is 28.0 Å². The highest BCUT2D eigenvalue weighted by molar-refractivity contribution is 7.99. The number of aromatic nitrogens is 2. The molecule has 13 nitrogen and oxygen atoms in total. The Morgan fingerprint density at radius 1 is 1.04 bits per heavy atom. The van der Waals surface area contributed by atoms with E-state index in [2.05, 4.69) is 21.9 Å². The number of methoxy groups -OCH3 is 1. The highest BCUT2D eigenvalue weighted by Crippen LogP contribution is 2.45. The molecular formula is C32H58N5O8PS. The van der Waals surface area contributed by atoms with Gasteiger partial charge in [-0.1, -0.05) is 108 Å². The topological polar surface area (TPSA) is 178 Å². The maximum atomic E-state index is 12.6. The summed E-state index contributed by atoms with van der Waals surface area (Å²) in [5, 5.41) is 3.69. The summed E-state index contributed by atoms with van der Waals surface area (Å²) in [7, 11) is -2.94. The number of hydrogen-bond donors (Lipinski definition) is 2. The lowest BCUT2D eigenvalue weighted by Crippen LogP contribution is -2.33. The average Bonchev–Trinajstić information content (AvgIpc) is 3.45. The van der Waals surface area contributed by atoms with E-state index in [0.29, 0.717) is 11.3 Å². The lowest BCUT2D eigenvalue weighted by atomic mass is 10.0. The molecule has 2 unspecified atom stereocenters. The molecule has 1 fully saturated rings. The van der Waals surface area contributed by atoms with Gasteiger partial charge in [0, 0.05) is 36.0 Å². The predicted molar refractivity (Wildman–Crippen MR) is 187 cm³/mol. The summed E-state index contributed by atoms with van der Waals surface area (Å²) in [6.45, 7) is 3.27. The molecule has 1 aromatic heterocycles. The van der Waals surface area contributed by atoms with Crippen molar-refractivity contribution in [2.75, 3.05) is 31.8 Å². The number of ether oxygens (including phenoxy) is 2. The number of H-pyrrole nitrogens is 1. The largest absolute Gasteiger partial charge is 0.472 e. The van der Waals surface area contributed by atoms with Crippen molar-refractivity contribution in [2.45, 2.75) is 147 Å². The first-order chi connectivity index (χ1) is 22.7. The number of nitrogens with one attached hydrogen (secondary N) is 1. The fourth-order valence-corrected chi connectivity index (χ4v) is 7.39. The number of phosphoric ester groups is 1. The summed E-state index contributed by atoms with van der Waals surface area (Å²) in [6.07, 6.45) is 20.7. The normalized spacial score (nSPS) is 19.8. The molecule has 1 aliphatic heterocycles. The van der Waals surface area contributed by atoms with Gasteiger partial charge >= 0.3 is 13.5 Å². The summed E-state index contributed by atoms with van der Waals surface area (Å²) < 4.78 is 35.3. The molecule has 0 spiro atoms. The van der Waals surface area contributed by atoms with Crippen LogP contribution in [0.1, 0.15) is 128 Å². The average molecular weight is 704 g/mol. The Labute approximate surface area is 284 Å². The number of rotatable bonds is 28. The molecule has 15 heteroatoms. The van der Waals surface area contributed by atoms with Gasteiger partial charge in [-0.2, -0.15) is 11.8 Å². The number of aromatic amines is 1. The first-order valence-corrected chi connectivity index (χ1v) is 20.1. The van der Waals surface area contributed by atoms with Crippen LogP contribution in [0.4, 0.5) is 0 Å². The highest BCUT2D eigenvalue weighted by atomic mass is 32.2. The van der Waals surface area contributed by atoms with Crippen molar-refractivity contribution in [1.29, 1.82) is 0 Å². The van der Waals surface area contributed by atoms with Crippen LogP contribution >= 0.6 is 19.6 Å². The minimum atomic E-state index is -4.47. The zero-order chi connectivity index (χ0) is 34.3. The number of phosphoric acid groups is 1. The minimum absolute atomic E-state index is 0.114. The minimum Gasteiger partial charge on any atom is -0.378 e. The van der Waals surface area contributed by atoms with Crippen molar-refractivity contribution in [3.63, 3.8) is 0 Å². The van der Waals surface area contributed by atoms with Crippen LogP contribution in [-0.2, 0) is 23.1 Å². The van der Waals surface area contributed by atoms with E-state index in [-0.39, 0.29) is 19.1 Å². The van der Waals surface area contributed by atoms with Crippen molar-refractivity contribution in [3.05, 3.63) is 43.0 Å². The second-order valence-electron chi connectivity index (χ2n) is 12.4. The van der Waals surface area contributed by atoms with E-state index in [4.69, 9.17) is 24.1 Å². The molecule has 2 rings (SSSR count). The van der Waals surface area contributed by atoms with Crippen LogP contribution in [-0.4, -0.2) is 64.5 Å².